The van der Waals surface area contributed by atoms with Crippen LogP contribution in [0.5, 0.6) is 11.5 Å². The van der Waals surface area contributed by atoms with Gasteiger partial charge in [0.1, 0.15) is 24.2 Å². The van der Waals surface area contributed by atoms with E-state index in [1.807, 2.05) is 66.3 Å². The summed E-state index contributed by atoms with van der Waals surface area (Å²) in [5.41, 5.74) is 3.94. The molecule has 4 aromatic rings. The Morgan fingerprint density at radius 1 is 1.09 bits per heavy atom. The number of hydrogen-bond acceptors (Lipinski definition) is 5. The lowest BCUT2D eigenvalue weighted by Gasteiger charge is -2.42. The minimum Gasteiger partial charge on any atom is -0.487 e. The van der Waals surface area contributed by atoms with Gasteiger partial charge in [-0.15, -0.1) is 0 Å². The lowest BCUT2D eigenvalue weighted by Crippen LogP contribution is -2.54. The zero-order valence-corrected chi connectivity index (χ0v) is 18.8. The first-order chi connectivity index (χ1) is 16.6. The van der Waals surface area contributed by atoms with Gasteiger partial charge in [0, 0.05) is 18.6 Å². The van der Waals surface area contributed by atoms with Crippen molar-refractivity contribution in [3.8, 4) is 17.2 Å². The van der Waals surface area contributed by atoms with Crippen molar-refractivity contribution in [2.75, 3.05) is 18.0 Å². The normalized spacial score (nSPS) is 13.4. The van der Waals surface area contributed by atoms with Gasteiger partial charge >= 0.3 is 5.97 Å². The van der Waals surface area contributed by atoms with E-state index in [2.05, 4.69) is 16.0 Å². The van der Waals surface area contributed by atoms with Crippen molar-refractivity contribution in [1.82, 2.24) is 9.55 Å². The number of aromatic carboxylic acids is 1. The third kappa shape index (κ3) is 4.45. The SMILES string of the molecule is Cc1cc(COc2cccnc2)ccc1OC1CN(c2cccc(C(=O)O)c2-n2cccc2)C1. The van der Waals surface area contributed by atoms with E-state index in [1.165, 1.54) is 0 Å². The third-order valence-corrected chi connectivity index (χ3v) is 5.87. The predicted molar refractivity (Wildman–Crippen MR) is 129 cm³/mol. The Labute approximate surface area is 197 Å². The van der Waals surface area contributed by atoms with E-state index in [0.717, 1.165) is 28.3 Å². The highest BCUT2D eigenvalue weighted by Crippen LogP contribution is 2.33. The first kappa shape index (κ1) is 21.6. The molecule has 0 aliphatic carbocycles. The molecule has 0 unspecified atom stereocenters. The van der Waals surface area contributed by atoms with Crippen molar-refractivity contribution in [2.24, 2.45) is 0 Å². The number of aryl methyl sites for hydroxylation is 1. The van der Waals surface area contributed by atoms with Crippen LogP contribution in [-0.4, -0.2) is 39.8 Å². The Hall–Kier alpha value is -4.26. The summed E-state index contributed by atoms with van der Waals surface area (Å²) < 4.78 is 13.9. The van der Waals surface area contributed by atoms with Crippen molar-refractivity contribution in [3.05, 3.63) is 102 Å². The van der Waals surface area contributed by atoms with Crippen molar-refractivity contribution in [3.63, 3.8) is 0 Å². The number of carboxylic acid groups (broad SMARTS) is 1. The second kappa shape index (κ2) is 9.31. The molecule has 2 aromatic carbocycles. The Bertz CT molecular complexity index is 1280. The van der Waals surface area contributed by atoms with Crippen LogP contribution in [0.3, 0.4) is 0 Å². The van der Waals surface area contributed by atoms with Crippen LogP contribution in [0.4, 0.5) is 5.69 Å². The maximum atomic E-state index is 11.8. The number of rotatable bonds is 8. The van der Waals surface area contributed by atoms with E-state index in [0.29, 0.717) is 25.4 Å². The van der Waals surface area contributed by atoms with Crippen LogP contribution in [0.25, 0.3) is 5.69 Å². The third-order valence-electron chi connectivity index (χ3n) is 5.87. The van der Waals surface area contributed by atoms with Gasteiger partial charge in [0.25, 0.3) is 0 Å². The van der Waals surface area contributed by atoms with Crippen LogP contribution in [-0.2, 0) is 6.61 Å². The zero-order valence-electron chi connectivity index (χ0n) is 18.8. The average Bonchev–Trinajstić information content (AvgIpc) is 3.35. The number of aromatic nitrogens is 2. The van der Waals surface area contributed by atoms with Gasteiger partial charge in [-0.05, 0) is 66.6 Å². The molecule has 172 valence electrons. The van der Waals surface area contributed by atoms with Gasteiger partial charge in [0.05, 0.1) is 36.2 Å². The van der Waals surface area contributed by atoms with Crippen LogP contribution in [0.2, 0.25) is 0 Å². The number of benzene rings is 2. The number of nitrogens with zero attached hydrogens (tertiary/aromatic N) is 3. The molecule has 3 heterocycles. The number of carbonyl (C=O) groups is 1. The maximum Gasteiger partial charge on any atom is 0.337 e. The fourth-order valence-electron chi connectivity index (χ4n) is 4.14. The standard InChI is InChI=1S/C27H25N3O4/c1-19-14-20(18-33-21-6-5-11-28-15-21)9-10-25(19)34-22-16-30(17-22)24-8-4-7-23(27(31)32)26(24)29-12-2-3-13-29/h2-15,22H,16-18H2,1H3,(H,31,32). The molecular weight excluding hydrogens is 430 g/mol. The summed E-state index contributed by atoms with van der Waals surface area (Å²) in [6.07, 6.45) is 7.17. The van der Waals surface area contributed by atoms with Gasteiger partial charge in [-0.1, -0.05) is 12.1 Å². The van der Waals surface area contributed by atoms with Crippen molar-refractivity contribution in [1.29, 1.82) is 0 Å². The van der Waals surface area contributed by atoms with Gasteiger partial charge in [-0.25, -0.2) is 4.79 Å². The largest absolute Gasteiger partial charge is 0.487 e. The topological polar surface area (TPSA) is 76.8 Å². The summed E-state index contributed by atoms with van der Waals surface area (Å²) >= 11 is 0. The molecule has 2 aromatic heterocycles. The summed E-state index contributed by atoms with van der Waals surface area (Å²) in [5.74, 6) is 0.642. The number of para-hydroxylation sites is 1. The molecule has 1 N–H and O–H groups in total. The smallest absolute Gasteiger partial charge is 0.337 e. The minimum absolute atomic E-state index is 0.0298. The van der Waals surface area contributed by atoms with Crippen LogP contribution >= 0.6 is 0 Å². The van der Waals surface area contributed by atoms with Crippen molar-refractivity contribution < 1.29 is 19.4 Å². The summed E-state index contributed by atoms with van der Waals surface area (Å²) in [4.78, 5) is 18.0. The molecule has 1 saturated heterocycles. The predicted octanol–water partition coefficient (Wildman–Crippen LogP) is 4.73. The van der Waals surface area contributed by atoms with E-state index in [-0.39, 0.29) is 11.7 Å². The molecule has 0 radical (unpaired) electrons. The fourth-order valence-corrected chi connectivity index (χ4v) is 4.14. The van der Waals surface area contributed by atoms with Crippen LogP contribution < -0.4 is 14.4 Å². The molecule has 34 heavy (non-hydrogen) atoms. The minimum atomic E-state index is -0.943. The van der Waals surface area contributed by atoms with E-state index in [9.17, 15) is 9.90 Å². The number of hydrogen-bond donors (Lipinski definition) is 1. The molecule has 1 fully saturated rings. The van der Waals surface area contributed by atoms with Crippen molar-refractivity contribution >= 4 is 11.7 Å². The lowest BCUT2D eigenvalue weighted by atomic mass is 10.1. The van der Waals surface area contributed by atoms with Gasteiger partial charge < -0.3 is 24.0 Å². The number of anilines is 1. The molecule has 0 bridgehead atoms. The quantitative estimate of drug-likeness (QED) is 0.414. The Morgan fingerprint density at radius 2 is 1.91 bits per heavy atom. The molecule has 0 atom stereocenters. The van der Waals surface area contributed by atoms with Crippen LogP contribution in [0.15, 0.2) is 85.5 Å². The summed E-state index contributed by atoms with van der Waals surface area (Å²) in [6.45, 7) is 3.86. The molecule has 0 spiro atoms. The highest BCUT2D eigenvalue weighted by molar-refractivity contribution is 5.95. The summed E-state index contributed by atoms with van der Waals surface area (Å²) in [5, 5.41) is 9.70. The van der Waals surface area contributed by atoms with E-state index in [4.69, 9.17) is 9.47 Å². The fraction of sp³-hybridized carbons (Fsp3) is 0.185. The van der Waals surface area contributed by atoms with Gasteiger partial charge in [0.15, 0.2) is 0 Å². The van der Waals surface area contributed by atoms with E-state index >= 15 is 0 Å². The Kier molecular flexibility index (Phi) is 5.91. The van der Waals surface area contributed by atoms with E-state index in [1.54, 1.807) is 24.5 Å². The zero-order chi connectivity index (χ0) is 23.5. The average molecular weight is 456 g/mol. The Morgan fingerprint density at radius 3 is 2.62 bits per heavy atom. The van der Waals surface area contributed by atoms with Gasteiger partial charge in [0.2, 0.25) is 0 Å². The van der Waals surface area contributed by atoms with Crippen LogP contribution in [0.1, 0.15) is 21.5 Å². The number of ether oxygens (including phenoxy) is 2. The highest BCUT2D eigenvalue weighted by atomic mass is 16.5. The molecule has 1 aliphatic rings. The first-order valence-corrected chi connectivity index (χ1v) is 11.1. The van der Waals surface area contributed by atoms with Gasteiger partial charge in [-0.3, -0.25) is 4.98 Å². The molecule has 7 nitrogen and oxygen atoms in total. The molecular formula is C27H25N3O4. The number of pyridine rings is 1. The second-order valence-electron chi connectivity index (χ2n) is 8.29. The lowest BCUT2D eigenvalue weighted by molar-refractivity contribution is 0.0697. The summed E-state index contributed by atoms with van der Waals surface area (Å²) in [7, 11) is 0. The monoisotopic (exact) mass is 455 g/mol. The number of carboxylic acids is 1. The molecule has 0 amide bonds. The molecule has 0 saturated carbocycles. The highest BCUT2D eigenvalue weighted by Gasteiger charge is 2.32. The second-order valence-corrected chi connectivity index (χ2v) is 8.29. The van der Waals surface area contributed by atoms with Crippen LogP contribution in [0, 0.1) is 6.92 Å². The van der Waals surface area contributed by atoms with Gasteiger partial charge in [-0.2, -0.15) is 0 Å². The summed E-state index contributed by atoms with van der Waals surface area (Å²) in [6, 6.07) is 19.0. The molecule has 1 aliphatic heterocycles. The maximum absolute atomic E-state index is 11.8. The Balaban J connectivity index is 1.24. The first-order valence-electron chi connectivity index (χ1n) is 11.1. The van der Waals surface area contributed by atoms with E-state index < -0.39 is 5.97 Å². The molecule has 5 rings (SSSR count). The van der Waals surface area contributed by atoms with Crippen molar-refractivity contribution in [2.45, 2.75) is 19.6 Å². The molecule has 7 heteroatoms.